The maximum atomic E-state index is 12.9. The first-order valence-corrected chi connectivity index (χ1v) is 8.33. The number of hydrogen-bond acceptors (Lipinski definition) is 3. The van der Waals surface area contributed by atoms with Gasteiger partial charge in [-0.25, -0.2) is 17.8 Å². The summed E-state index contributed by atoms with van der Waals surface area (Å²) in [4.78, 5) is 7.21. The summed E-state index contributed by atoms with van der Waals surface area (Å²) in [5.41, 5.74) is 3.06. The van der Waals surface area contributed by atoms with Crippen LogP contribution in [-0.2, 0) is 10.0 Å². The van der Waals surface area contributed by atoms with Gasteiger partial charge in [-0.3, -0.25) is 4.72 Å². The Kier molecular flexibility index (Phi) is 3.87. The summed E-state index contributed by atoms with van der Waals surface area (Å²) in [5, 5.41) is 0. The highest BCUT2D eigenvalue weighted by atomic mass is 32.2. The number of aryl methyl sites for hydroxylation is 1. The van der Waals surface area contributed by atoms with E-state index in [0.29, 0.717) is 5.69 Å². The molecule has 23 heavy (non-hydrogen) atoms. The lowest BCUT2D eigenvalue weighted by Crippen LogP contribution is -2.12. The van der Waals surface area contributed by atoms with Gasteiger partial charge in [0.15, 0.2) is 0 Å². The van der Waals surface area contributed by atoms with E-state index in [2.05, 4.69) is 14.7 Å². The number of H-pyrrole nitrogens is 1. The van der Waals surface area contributed by atoms with E-state index in [1.165, 1.54) is 12.1 Å². The standard InChI is InChI=1S/C16H14FN3O2S/c1-11-16(19-10-18-11)12-2-6-14(7-3-12)20-23(21,22)15-8-4-13(17)5-9-15/h2-10,20H,1H3,(H,18,19). The van der Waals surface area contributed by atoms with E-state index in [1.807, 2.05) is 6.92 Å². The zero-order valence-electron chi connectivity index (χ0n) is 12.2. The SMILES string of the molecule is Cc1[nH]cnc1-c1ccc(NS(=O)(=O)c2ccc(F)cc2)cc1. The lowest BCUT2D eigenvalue weighted by molar-refractivity contribution is 0.599. The zero-order valence-corrected chi connectivity index (χ0v) is 13.1. The maximum absolute atomic E-state index is 12.9. The number of sulfonamides is 1. The predicted octanol–water partition coefficient (Wildman–Crippen LogP) is 3.33. The number of imidazole rings is 1. The number of rotatable bonds is 4. The fourth-order valence-electron chi connectivity index (χ4n) is 2.17. The molecule has 1 aromatic heterocycles. The summed E-state index contributed by atoms with van der Waals surface area (Å²) in [6, 6.07) is 11.5. The van der Waals surface area contributed by atoms with Crippen LogP contribution in [0.1, 0.15) is 5.69 Å². The summed E-state index contributed by atoms with van der Waals surface area (Å²) >= 11 is 0. The molecule has 0 aliphatic heterocycles. The van der Waals surface area contributed by atoms with Crippen LogP contribution in [0, 0.1) is 12.7 Å². The molecule has 0 fully saturated rings. The molecule has 3 aromatic rings. The maximum Gasteiger partial charge on any atom is 0.261 e. The molecule has 118 valence electrons. The molecule has 0 radical (unpaired) electrons. The molecule has 0 aliphatic rings. The number of anilines is 1. The molecule has 0 atom stereocenters. The quantitative estimate of drug-likeness (QED) is 0.770. The first kappa shape index (κ1) is 15.2. The number of nitrogens with one attached hydrogen (secondary N) is 2. The first-order valence-electron chi connectivity index (χ1n) is 6.84. The Bertz CT molecular complexity index is 917. The summed E-state index contributed by atoms with van der Waals surface area (Å²) in [5.74, 6) is -0.484. The highest BCUT2D eigenvalue weighted by Crippen LogP contribution is 2.23. The molecule has 5 nitrogen and oxygen atoms in total. The van der Waals surface area contributed by atoms with Gasteiger partial charge in [-0.15, -0.1) is 0 Å². The minimum Gasteiger partial charge on any atom is -0.348 e. The third kappa shape index (κ3) is 3.24. The van der Waals surface area contributed by atoms with Gasteiger partial charge in [-0.1, -0.05) is 12.1 Å². The molecule has 2 N–H and O–H groups in total. The molecule has 3 rings (SSSR count). The average molecular weight is 331 g/mol. The number of halogens is 1. The Labute approximate surface area is 133 Å². The number of hydrogen-bond donors (Lipinski definition) is 2. The molecule has 0 saturated carbocycles. The Balaban J connectivity index is 1.83. The van der Waals surface area contributed by atoms with Crippen molar-refractivity contribution in [1.82, 2.24) is 9.97 Å². The van der Waals surface area contributed by atoms with Crippen LogP contribution in [0.15, 0.2) is 59.8 Å². The van der Waals surface area contributed by atoms with Gasteiger partial charge < -0.3 is 4.98 Å². The van der Waals surface area contributed by atoms with Crippen LogP contribution in [0.5, 0.6) is 0 Å². The third-order valence-electron chi connectivity index (χ3n) is 3.36. The monoisotopic (exact) mass is 331 g/mol. The second-order valence-electron chi connectivity index (χ2n) is 5.01. The number of nitrogens with zero attached hydrogens (tertiary/aromatic N) is 1. The van der Waals surface area contributed by atoms with Crippen molar-refractivity contribution >= 4 is 15.7 Å². The van der Waals surface area contributed by atoms with Crippen molar-refractivity contribution in [2.24, 2.45) is 0 Å². The van der Waals surface area contributed by atoms with Gasteiger partial charge >= 0.3 is 0 Å². The summed E-state index contributed by atoms with van der Waals surface area (Å²) < 4.78 is 39.8. The Hall–Kier alpha value is -2.67. The molecule has 0 saturated heterocycles. The van der Waals surface area contributed by atoms with Crippen LogP contribution in [0.3, 0.4) is 0 Å². The number of aromatic amines is 1. The fraction of sp³-hybridized carbons (Fsp3) is 0.0625. The van der Waals surface area contributed by atoms with Crippen molar-refractivity contribution < 1.29 is 12.8 Å². The number of aromatic nitrogens is 2. The summed E-state index contributed by atoms with van der Waals surface area (Å²) in [7, 11) is -3.74. The van der Waals surface area contributed by atoms with Crippen LogP contribution in [0.4, 0.5) is 10.1 Å². The smallest absolute Gasteiger partial charge is 0.261 e. The number of benzene rings is 2. The molecular formula is C16H14FN3O2S. The lowest BCUT2D eigenvalue weighted by atomic mass is 10.1. The lowest BCUT2D eigenvalue weighted by Gasteiger charge is -2.08. The molecule has 1 heterocycles. The Morgan fingerprint density at radius 2 is 1.70 bits per heavy atom. The molecule has 0 amide bonds. The van der Waals surface area contributed by atoms with Gasteiger partial charge in [0.25, 0.3) is 10.0 Å². The minimum absolute atomic E-state index is 0.00567. The summed E-state index contributed by atoms with van der Waals surface area (Å²) in [6.07, 6.45) is 1.61. The molecule has 2 aromatic carbocycles. The second kappa shape index (κ2) is 5.85. The van der Waals surface area contributed by atoms with Crippen molar-refractivity contribution in [2.45, 2.75) is 11.8 Å². The molecule has 0 spiro atoms. The highest BCUT2D eigenvalue weighted by molar-refractivity contribution is 7.92. The molecular weight excluding hydrogens is 317 g/mol. The van der Waals surface area contributed by atoms with Gasteiger partial charge in [-0.2, -0.15) is 0 Å². The van der Waals surface area contributed by atoms with E-state index in [1.54, 1.807) is 30.6 Å². The van der Waals surface area contributed by atoms with Crippen LogP contribution >= 0.6 is 0 Å². The summed E-state index contributed by atoms with van der Waals surface area (Å²) in [6.45, 7) is 1.91. The average Bonchev–Trinajstić information content (AvgIpc) is 2.94. The Morgan fingerprint density at radius 3 is 2.26 bits per heavy atom. The first-order chi connectivity index (χ1) is 11.0. The van der Waals surface area contributed by atoms with E-state index in [-0.39, 0.29) is 4.90 Å². The van der Waals surface area contributed by atoms with Gasteiger partial charge in [0.05, 0.1) is 16.9 Å². The third-order valence-corrected chi connectivity index (χ3v) is 4.76. The van der Waals surface area contributed by atoms with E-state index in [9.17, 15) is 12.8 Å². The van der Waals surface area contributed by atoms with Crippen LogP contribution in [0.2, 0.25) is 0 Å². The zero-order chi connectivity index (χ0) is 16.4. The van der Waals surface area contributed by atoms with Crippen molar-refractivity contribution in [2.75, 3.05) is 4.72 Å². The van der Waals surface area contributed by atoms with E-state index < -0.39 is 15.8 Å². The van der Waals surface area contributed by atoms with Crippen LogP contribution in [0.25, 0.3) is 11.3 Å². The van der Waals surface area contributed by atoms with Crippen molar-refractivity contribution in [3.8, 4) is 11.3 Å². The Morgan fingerprint density at radius 1 is 1.04 bits per heavy atom. The molecule has 7 heteroatoms. The molecule has 0 bridgehead atoms. The van der Waals surface area contributed by atoms with Crippen molar-refractivity contribution in [1.29, 1.82) is 0 Å². The van der Waals surface area contributed by atoms with Gasteiger partial charge in [0, 0.05) is 16.9 Å². The predicted molar refractivity (Wildman–Crippen MR) is 86.0 cm³/mol. The largest absolute Gasteiger partial charge is 0.348 e. The van der Waals surface area contributed by atoms with Crippen LogP contribution < -0.4 is 4.72 Å². The fourth-order valence-corrected chi connectivity index (χ4v) is 3.23. The van der Waals surface area contributed by atoms with E-state index in [0.717, 1.165) is 29.1 Å². The minimum atomic E-state index is -3.74. The van der Waals surface area contributed by atoms with E-state index >= 15 is 0 Å². The topological polar surface area (TPSA) is 74.8 Å². The van der Waals surface area contributed by atoms with E-state index in [4.69, 9.17) is 0 Å². The highest BCUT2D eigenvalue weighted by Gasteiger charge is 2.14. The molecule has 0 aliphatic carbocycles. The second-order valence-corrected chi connectivity index (χ2v) is 6.70. The van der Waals surface area contributed by atoms with Crippen LogP contribution in [-0.4, -0.2) is 18.4 Å². The normalized spacial score (nSPS) is 11.4. The van der Waals surface area contributed by atoms with Crippen molar-refractivity contribution in [3.63, 3.8) is 0 Å². The van der Waals surface area contributed by atoms with Gasteiger partial charge in [-0.05, 0) is 43.3 Å². The van der Waals surface area contributed by atoms with Gasteiger partial charge in [0.1, 0.15) is 5.82 Å². The van der Waals surface area contributed by atoms with Crippen molar-refractivity contribution in [3.05, 3.63) is 66.4 Å². The van der Waals surface area contributed by atoms with Gasteiger partial charge in [0.2, 0.25) is 0 Å². The molecule has 0 unspecified atom stereocenters.